The number of nitrogens with zero attached hydrogens (tertiary/aromatic N) is 5. The number of nitrogens with one attached hydrogen (secondary N) is 1. The summed E-state index contributed by atoms with van der Waals surface area (Å²) >= 11 is 0. The maximum Gasteiger partial charge on any atom is 0.227 e. The Morgan fingerprint density at radius 3 is 2.55 bits per heavy atom. The molecule has 33 heavy (non-hydrogen) atoms. The number of anilines is 2. The number of benzene rings is 1. The number of carbonyl (C=O) groups is 1. The minimum absolute atomic E-state index is 0.0680. The van der Waals surface area contributed by atoms with Crippen LogP contribution in [-0.2, 0) is 11.2 Å². The summed E-state index contributed by atoms with van der Waals surface area (Å²) in [6, 6.07) is 19.3. The van der Waals surface area contributed by atoms with Gasteiger partial charge in [-0.25, -0.2) is 9.97 Å². The molecule has 1 aliphatic rings. The van der Waals surface area contributed by atoms with Gasteiger partial charge in [0.1, 0.15) is 5.82 Å². The van der Waals surface area contributed by atoms with E-state index < -0.39 is 0 Å². The summed E-state index contributed by atoms with van der Waals surface area (Å²) in [7, 11) is 0. The first-order valence-electron chi connectivity index (χ1n) is 11.1. The van der Waals surface area contributed by atoms with Crippen LogP contribution in [0.4, 0.5) is 11.5 Å². The Hall–Kier alpha value is -4.13. The van der Waals surface area contributed by atoms with Gasteiger partial charge in [-0.1, -0.05) is 24.3 Å². The van der Waals surface area contributed by atoms with E-state index in [4.69, 9.17) is 9.97 Å². The van der Waals surface area contributed by atoms with Gasteiger partial charge in [0.05, 0.1) is 18.2 Å². The van der Waals surface area contributed by atoms with E-state index in [-0.39, 0.29) is 11.9 Å². The molecule has 1 N–H and O–H groups in total. The molecule has 0 unspecified atom stereocenters. The lowest BCUT2D eigenvalue weighted by Gasteiger charge is -2.24. The Morgan fingerprint density at radius 1 is 0.970 bits per heavy atom. The molecule has 4 heterocycles. The topological polar surface area (TPSA) is 83.9 Å². The highest BCUT2D eigenvalue weighted by Crippen LogP contribution is 2.33. The minimum Gasteiger partial charge on any atom is -0.340 e. The van der Waals surface area contributed by atoms with Crippen LogP contribution >= 0.6 is 0 Å². The summed E-state index contributed by atoms with van der Waals surface area (Å²) in [6.07, 6.45) is 9.06. The molecule has 0 spiro atoms. The minimum atomic E-state index is -0.165. The molecule has 1 aromatic carbocycles. The molecule has 0 radical (unpaired) electrons. The van der Waals surface area contributed by atoms with Crippen molar-refractivity contribution < 1.29 is 4.79 Å². The molecule has 1 aliphatic heterocycles. The van der Waals surface area contributed by atoms with Crippen LogP contribution in [0.1, 0.15) is 30.3 Å². The fourth-order valence-electron chi connectivity index (χ4n) is 4.12. The van der Waals surface area contributed by atoms with Crippen molar-refractivity contribution in [1.82, 2.24) is 24.8 Å². The predicted octanol–water partition coefficient (Wildman–Crippen LogP) is 4.58. The summed E-state index contributed by atoms with van der Waals surface area (Å²) in [5, 5.41) is 3.38. The lowest BCUT2D eigenvalue weighted by Crippen LogP contribution is -2.32. The highest BCUT2D eigenvalue weighted by atomic mass is 16.2. The van der Waals surface area contributed by atoms with Crippen LogP contribution < -0.4 is 5.32 Å². The zero-order valence-electron chi connectivity index (χ0n) is 18.1. The third-order valence-corrected chi connectivity index (χ3v) is 5.70. The second-order valence-corrected chi connectivity index (χ2v) is 8.01. The van der Waals surface area contributed by atoms with Gasteiger partial charge in [-0.15, -0.1) is 0 Å². The van der Waals surface area contributed by atoms with Crippen LogP contribution in [0.5, 0.6) is 0 Å². The Kier molecular flexibility index (Phi) is 6.01. The van der Waals surface area contributed by atoms with Gasteiger partial charge < -0.3 is 10.2 Å². The van der Waals surface area contributed by atoms with E-state index in [0.717, 1.165) is 35.3 Å². The van der Waals surface area contributed by atoms with E-state index in [9.17, 15) is 4.79 Å². The summed E-state index contributed by atoms with van der Waals surface area (Å²) in [4.78, 5) is 33.1. The molecule has 4 aromatic rings. The monoisotopic (exact) mass is 436 g/mol. The molecule has 3 aromatic heterocycles. The van der Waals surface area contributed by atoms with Gasteiger partial charge in [-0.05, 0) is 48.7 Å². The van der Waals surface area contributed by atoms with Crippen molar-refractivity contribution >= 4 is 17.4 Å². The van der Waals surface area contributed by atoms with E-state index in [1.165, 1.54) is 0 Å². The molecule has 0 saturated carbocycles. The van der Waals surface area contributed by atoms with Crippen molar-refractivity contribution in [2.45, 2.75) is 25.3 Å². The second-order valence-electron chi connectivity index (χ2n) is 8.01. The Bertz CT molecular complexity index is 1220. The summed E-state index contributed by atoms with van der Waals surface area (Å²) in [5.41, 5.74) is 3.53. The highest BCUT2D eigenvalue weighted by Gasteiger charge is 2.32. The number of amides is 1. The fourth-order valence-corrected chi connectivity index (χ4v) is 4.12. The van der Waals surface area contributed by atoms with Gasteiger partial charge in [0.25, 0.3) is 0 Å². The number of rotatable bonds is 6. The normalized spacial score (nSPS) is 15.4. The van der Waals surface area contributed by atoms with E-state index in [2.05, 4.69) is 15.3 Å². The standard InChI is InChI=1S/C26H24N6O/c33-25(15-19-7-4-12-27-17-19)32-14-6-11-23(32)26-30-22(20-8-5-13-28-18-20)16-24(31-26)29-21-9-2-1-3-10-21/h1-5,7-10,12-13,16-18,23H,6,11,14-15H2,(H,29,30,31)/t23-/m1/s1. The Morgan fingerprint density at radius 2 is 1.79 bits per heavy atom. The summed E-state index contributed by atoms with van der Waals surface area (Å²) in [6.45, 7) is 0.700. The van der Waals surface area contributed by atoms with Crippen LogP contribution in [0.25, 0.3) is 11.3 Å². The third-order valence-electron chi connectivity index (χ3n) is 5.70. The van der Waals surface area contributed by atoms with Crippen molar-refractivity contribution in [1.29, 1.82) is 0 Å². The Balaban J connectivity index is 1.47. The van der Waals surface area contributed by atoms with E-state index in [1.807, 2.05) is 65.6 Å². The quantitative estimate of drug-likeness (QED) is 0.476. The number of likely N-dealkylation sites (tertiary alicyclic amines) is 1. The molecular formula is C26H24N6O. The maximum absolute atomic E-state index is 13.1. The molecule has 5 rings (SSSR count). The number of hydrogen-bond donors (Lipinski definition) is 1. The van der Waals surface area contributed by atoms with E-state index in [1.54, 1.807) is 24.8 Å². The summed E-state index contributed by atoms with van der Waals surface area (Å²) in [5.74, 6) is 1.40. The number of pyridine rings is 2. The predicted molar refractivity (Wildman–Crippen MR) is 127 cm³/mol. The molecule has 1 atom stereocenters. The maximum atomic E-state index is 13.1. The molecule has 0 bridgehead atoms. The lowest BCUT2D eigenvalue weighted by atomic mass is 10.1. The van der Waals surface area contributed by atoms with Crippen LogP contribution in [0, 0.1) is 0 Å². The van der Waals surface area contributed by atoms with Crippen LogP contribution in [0.3, 0.4) is 0 Å². The molecule has 0 aliphatic carbocycles. The van der Waals surface area contributed by atoms with Gasteiger partial charge in [0, 0.05) is 48.6 Å². The smallest absolute Gasteiger partial charge is 0.227 e. The van der Waals surface area contributed by atoms with Crippen LogP contribution in [0.2, 0.25) is 0 Å². The molecule has 1 saturated heterocycles. The molecule has 164 valence electrons. The average Bonchev–Trinajstić information content (AvgIpc) is 3.36. The van der Waals surface area contributed by atoms with Gasteiger partial charge >= 0.3 is 0 Å². The second kappa shape index (κ2) is 9.56. The van der Waals surface area contributed by atoms with Crippen molar-refractivity contribution in [3.63, 3.8) is 0 Å². The number of carbonyl (C=O) groups excluding carboxylic acids is 1. The lowest BCUT2D eigenvalue weighted by molar-refractivity contribution is -0.131. The zero-order valence-corrected chi connectivity index (χ0v) is 18.1. The average molecular weight is 437 g/mol. The molecule has 1 amide bonds. The first-order chi connectivity index (χ1) is 16.3. The van der Waals surface area contributed by atoms with E-state index >= 15 is 0 Å². The van der Waals surface area contributed by atoms with E-state index in [0.29, 0.717) is 24.6 Å². The summed E-state index contributed by atoms with van der Waals surface area (Å²) < 4.78 is 0. The van der Waals surface area contributed by atoms with Crippen molar-refractivity contribution in [2.24, 2.45) is 0 Å². The Labute approximate surface area is 192 Å². The van der Waals surface area contributed by atoms with Gasteiger partial charge in [-0.2, -0.15) is 0 Å². The van der Waals surface area contributed by atoms with Crippen molar-refractivity contribution in [3.8, 4) is 11.3 Å². The SMILES string of the molecule is O=C(Cc1cccnc1)N1CCC[C@@H]1c1nc(Nc2ccccc2)cc(-c2cccnc2)n1. The molecule has 7 nitrogen and oxygen atoms in total. The third kappa shape index (κ3) is 4.87. The van der Waals surface area contributed by atoms with Crippen LogP contribution in [-0.4, -0.2) is 37.3 Å². The first-order valence-corrected chi connectivity index (χ1v) is 11.1. The zero-order chi connectivity index (χ0) is 22.5. The van der Waals surface area contributed by atoms with Crippen LogP contribution in [0.15, 0.2) is 85.5 Å². The first kappa shape index (κ1) is 20.8. The number of hydrogen-bond acceptors (Lipinski definition) is 6. The number of para-hydroxylation sites is 1. The van der Waals surface area contributed by atoms with Gasteiger partial charge in [0.2, 0.25) is 5.91 Å². The molecule has 7 heteroatoms. The van der Waals surface area contributed by atoms with Gasteiger partial charge in [-0.3, -0.25) is 14.8 Å². The number of aromatic nitrogens is 4. The molecular weight excluding hydrogens is 412 g/mol. The van der Waals surface area contributed by atoms with Gasteiger partial charge in [0.15, 0.2) is 5.82 Å². The molecule has 1 fully saturated rings. The highest BCUT2D eigenvalue weighted by molar-refractivity contribution is 5.79. The largest absolute Gasteiger partial charge is 0.340 e. The van der Waals surface area contributed by atoms with Crippen molar-refractivity contribution in [2.75, 3.05) is 11.9 Å². The van der Waals surface area contributed by atoms with Crippen molar-refractivity contribution in [3.05, 3.63) is 96.8 Å². The fraction of sp³-hybridized carbons (Fsp3) is 0.192.